The molecule has 48 heavy (non-hydrogen) atoms. The number of halogens is 1. The summed E-state index contributed by atoms with van der Waals surface area (Å²) in [7, 11) is 3.75. The molecule has 0 saturated carbocycles. The van der Waals surface area contributed by atoms with Crippen LogP contribution in [0.3, 0.4) is 0 Å². The van der Waals surface area contributed by atoms with Gasteiger partial charge in [0.15, 0.2) is 23.1 Å². The molecule has 248 valence electrons. The van der Waals surface area contributed by atoms with Crippen molar-refractivity contribution in [1.82, 2.24) is 10.5 Å². The fourth-order valence-electron chi connectivity index (χ4n) is 7.07. The number of ether oxygens (including phenoxy) is 4. The summed E-state index contributed by atoms with van der Waals surface area (Å²) in [6, 6.07) is 17.2. The maximum atomic E-state index is 14.5. The van der Waals surface area contributed by atoms with Gasteiger partial charge in [-0.2, -0.15) is 0 Å². The number of fused-ring (bicyclic) bond motifs is 4. The highest BCUT2D eigenvalue weighted by molar-refractivity contribution is 9.10. The number of rotatable bonds is 4. The number of carbonyl (C=O) groups is 3. The summed E-state index contributed by atoms with van der Waals surface area (Å²) in [5.41, 5.74) is 0.668. The van der Waals surface area contributed by atoms with Gasteiger partial charge in [-0.3, -0.25) is 9.59 Å². The van der Waals surface area contributed by atoms with Crippen molar-refractivity contribution >= 4 is 44.4 Å². The van der Waals surface area contributed by atoms with Gasteiger partial charge in [0.25, 0.3) is 5.88 Å². The van der Waals surface area contributed by atoms with E-state index in [1.165, 1.54) is 0 Å². The molecule has 11 heteroatoms. The van der Waals surface area contributed by atoms with Gasteiger partial charge in [-0.15, -0.1) is 0 Å². The van der Waals surface area contributed by atoms with Gasteiger partial charge in [0.2, 0.25) is 11.4 Å². The zero-order valence-corrected chi connectivity index (χ0v) is 28.9. The van der Waals surface area contributed by atoms with Crippen LogP contribution in [0.25, 0.3) is 10.8 Å². The molecule has 1 aliphatic heterocycles. The molecule has 0 radical (unpaired) electrons. The number of epoxide rings is 1. The fourth-order valence-corrected chi connectivity index (χ4v) is 7.43. The average Bonchev–Trinajstić information content (AvgIpc) is 3.65. The van der Waals surface area contributed by atoms with Crippen molar-refractivity contribution in [3.05, 3.63) is 98.4 Å². The largest absolute Gasteiger partial charge is 0.514 e. The zero-order chi connectivity index (χ0) is 34.0. The number of ketones is 2. The third-order valence-electron chi connectivity index (χ3n) is 8.95. The Labute approximate surface area is 285 Å². The molecule has 4 aromatic rings. The highest BCUT2D eigenvalue weighted by Gasteiger charge is 2.72. The van der Waals surface area contributed by atoms with Crippen LogP contribution >= 0.6 is 15.9 Å². The molecule has 1 aromatic heterocycles. The Morgan fingerprint density at radius 2 is 1.81 bits per heavy atom. The highest BCUT2D eigenvalue weighted by atomic mass is 79.9. The number of aromatic nitrogens is 1. The van der Waals surface area contributed by atoms with Crippen LogP contribution in [-0.2, 0) is 28.9 Å². The summed E-state index contributed by atoms with van der Waals surface area (Å²) >= 11 is 3.50. The van der Waals surface area contributed by atoms with E-state index in [9.17, 15) is 14.4 Å². The lowest BCUT2D eigenvalue weighted by Gasteiger charge is -2.35. The number of carbonyl (C=O) groups excluding carboxylic acids is 3. The van der Waals surface area contributed by atoms with Crippen LogP contribution in [0.4, 0.5) is 4.79 Å². The van der Waals surface area contributed by atoms with E-state index in [-0.39, 0.29) is 52.8 Å². The molecule has 8 rings (SSSR count). The second-order valence-electron chi connectivity index (χ2n) is 13.5. The van der Waals surface area contributed by atoms with E-state index in [0.717, 1.165) is 21.0 Å². The first-order valence-electron chi connectivity index (χ1n) is 15.9. The molecule has 3 aromatic carbocycles. The minimum Gasteiger partial charge on any atom is -0.470 e. The van der Waals surface area contributed by atoms with Crippen molar-refractivity contribution in [2.45, 2.75) is 57.8 Å². The van der Waals surface area contributed by atoms with Crippen LogP contribution in [0.2, 0.25) is 0 Å². The van der Waals surface area contributed by atoms with Crippen LogP contribution < -0.4 is 14.8 Å². The Hall–Kier alpha value is -4.48. The normalized spacial score (nSPS) is 21.8. The Kier molecular flexibility index (Phi) is 7.95. The maximum Gasteiger partial charge on any atom is 0.514 e. The molecule has 2 heterocycles. The maximum absolute atomic E-state index is 14.5. The Morgan fingerprint density at radius 3 is 2.54 bits per heavy atom. The summed E-state index contributed by atoms with van der Waals surface area (Å²) < 4.78 is 29.8. The van der Waals surface area contributed by atoms with Crippen LogP contribution in [0.1, 0.15) is 64.8 Å². The van der Waals surface area contributed by atoms with Crippen molar-refractivity contribution in [1.29, 1.82) is 0 Å². The summed E-state index contributed by atoms with van der Waals surface area (Å²) in [5.74, 6) is 0.139. The highest BCUT2D eigenvalue weighted by Crippen LogP contribution is 2.63. The van der Waals surface area contributed by atoms with Gasteiger partial charge < -0.3 is 28.8 Å². The third-order valence-corrected chi connectivity index (χ3v) is 9.45. The SMILES string of the molecule is CC(C)(C)OC(=O)Oc1c2c(cc3ccc(Br)cc13)CC1CC3Cc4onc(OCc5ccccc5)c4C(=O)[C@]34OC4=C1C2=O.CNC. The monoisotopic (exact) mass is 714 g/mol. The Balaban J connectivity index is 0.00000117. The predicted octanol–water partition coefficient (Wildman–Crippen LogP) is 7.16. The number of hydrogen-bond acceptors (Lipinski definition) is 10. The number of nitrogens with one attached hydrogen (secondary N) is 1. The van der Waals surface area contributed by atoms with Gasteiger partial charge in [0.1, 0.15) is 17.8 Å². The molecule has 2 unspecified atom stereocenters. The number of Topliss-reactive ketones (excluding diaryl/α,β-unsaturated/α-hetero) is 2. The molecule has 0 amide bonds. The van der Waals surface area contributed by atoms with Crippen molar-refractivity contribution in [2.24, 2.45) is 11.8 Å². The number of benzene rings is 3. The van der Waals surface area contributed by atoms with E-state index >= 15 is 0 Å². The summed E-state index contributed by atoms with van der Waals surface area (Å²) in [5, 5.41) is 8.26. The van der Waals surface area contributed by atoms with Crippen molar-refractivity contribution in [3.8, 4) is 11.6 Å². The van der Waals surface area contributed by atoms with E-state index in [0.29, 0.717) is 41.7 Å². The van der Waals surface area contributed by atoms with Crippen molar-refractivity contribution in [2.75, 3.05) is 14.1 Å². The summed E-state index contributed by atoms with van der Waals surface area (Å²) in [6.07, 6.45) is 0.611. The van der Waals surface area contributed by atoms with Gasteiger partial charge in [0.05, 0.1) is 5.56 Å². The van der Waals surface area contributed by atoms with E-state index in [1.807, 2.05) is 68.7 Å². The van der Waals surface area contributed by atoms with Crippen molar-refractivity contribution in [3.63, 3.8) is 0 Å². The molecule has 4 aliphatic rings. The molecule has 3 atom stereocenters. The van der Waals surface area contributed by atoms with Gasteiger partial charge in [0, 0.05) is 27.8 Å². The summed E-state index contributed by atoms with van der Waals surface area (Å²) in [4.78, 5) is 41.5. The molecule has 1 spiro atoms. The van der Waals surface area contributed by atoms with Crippen LogP contribution in [-0.4, -0.2) is 48.2 Å². The van der Waals surface area contributed by atoms with E-state index < -0.39 is 17.4 Å². The third kappa shape index (κ3) is 5.38. The molecule has 1 N–H and O–H groups in total. The van der Waals surface area contributed by atoms with Crippen LogP contribution in [0.5, 0.6) is 11.6 Å². The molecule has 0 bridgehead atoms. The number of hydrogen-bond donors (Lipinski definition) is 1. The number of nitrogens with zero attached hydrogens (tertiary/aromatic N) is 1. The van der Waals surface area contributed by atoms with Gasteiger partial charge in [-0.25, -0.2) is 4.79 Å². The Bertz CT molecular complexity index is 2010. The van der Waals surface area contributed by atoms with Crippen LogP contribution in [0.15, 0.2) is 74.9 Å². The second-order valence-corrected chi connectivity index (χ2v) is 14.4. The predicted molar refractivity (Wildman–Crippen MR) is 179 cm³/mol. The minimum absolute atomic E-state index is 0.124. The molecule has 1 fully saturated rings. The molecular formula is C37H35BrN2O8. The second kappa shape index (κ2) is 11.9. The Morgan fingerprint density at radius 1 is 1.06 bits per heavy atom. The smallest absolute Gasteiger partial charge is 0.470 e. The minimum atomic E-state index is -1.26. The quantitative estimate of drug-likeness (QED) is 0.132. The molecule has 3 aliphatic carbocycles. The summed E-state index contributed by atoms with van der Waals surface area (Å²) in [6.45, 7) is 5.46. The zero-order valence-electron chi connectivity index (χ0n) is 27.3. The molecule has 1 saturated heterocycles. The lowest BCUT2D eigenvalue weighted by molar-refractivity contribution is 0.0208. The lowest BCUT2D eigenvalue weighted by atomic mass is 9.63. The first-order chi connectivity index (χ1) is 22.9. The van der Waals surface area contributed by atoms with E-state index in [2.05, 4.69) is 26.4 Å². The van der Waals surface area contributed by atoms with Gasteiger partial charge in [-0.05, 0) is 87.4 Å². The first kappa shape index (κ1) is 32.1. The van der Waals surface area contributed by atoms with E-state index in [4.69, 9.17) is 23.5 Å². The van der Waals surface area contributed by atoms with Crippen molar-refractivity contribution < 1.29 is 37.9 Å². The number of allylic oxidation sites excluding steroid dienone is 1. The van der Waals surface area contributed by atoms with Crippen LogP contribution in [0, 0.1) is 11.8 Å². The topological polar surface area (TPSA) is 129 Å². The van der Waals surface area contributed by atoms with E-state index in [1.54, 1.807) is 20.8 Å². The standard InChI is InChI=1S/C35H28BrNO8.C2H7N/c1-34(2,3)44-33(40)42-29-23-15-22(36)10-9-18(23)11-19-12-20-13-21-14-24-27(32(37-45-24)41-16-17-7-5-4-6-8-17)30(39)35(21)31(43-35)26(20)28(38)25(19)29;1-3-2/h4-11,15,20-21H,12-14,16H2,1-3H3;3H,1-2H3/t20?,21?,35-;/m1./s1. The molecular weight excluding hydrogens is 680 g/mol. The fraction of sp³-hybridized carbons (Fsp3) is 0.351. The van der Waals surface area contributed by atoms with Gasteiger partial charge in [-0.1, -0.05) is 58.4 Å². The van der Waals surface area contributed by atoms with Gasteiger partial charge >= 0.3 is 6.16 Å². The average molecular weight is 716 g/mol. The molecule has 10 nitrogen and oxygen atoms in total. The lowest BCUT2D eigenvalue weighted by Crippen LogP contribution is -2.44. The first-order valence-corrected chi connectivity index (χ1v) is 16.7.